The Kier molecular flexibility index (Phi) is 54.4. The number of aryl methyl sites for hydroxylation is 16. The molecular weight excluding hydrogens is 2600 g/mol. The van der Waals surface area contributed by atoms with Crippen LogP contribution in [0, 0.1) is 148 Å². The number of ketones is 5. The first-order valence-corrected chi connectivity index (χ1v) is 43.4. The first-order valence-electron chi connectivity index (χ1n) is 43.4. The molecule has 10 aromatic carbocycles. The van der Waals surface area contributed by atoms with Gasteiger partial charge in [0.15, 0.2) is 28.9 Å². The number of pyridine rings is 5. The fraction of sp³-hybridized carbons (Fsp3) is 0.231. The van der Waals surface area contributed by atoms with Gasteiger partial charge in [0.2, 0.25) is 0 Å². The standard InChI is InChI=1S/2C19H18N.3C18H16N.5C5H8O2.5Ir/c1-12-6-8-17(14(3)9-12)19-15(4)11-16-7-5-13(2)10-18(16)20-19;1-12-8-9-16-11-14(3)19(20-18(16)10-12)17-7-5-6-13(2)15(17)4;1-12-4-7-15(8-5-12)18-14(3)11-16-9-6-13(2)10-17(16)19-18;1-12-5-4-6-16(9-12)18-14(3)11-15-8-7-13(2)10-17(15)19-18;1-12-8-9-15-11-14(3)18(19-17(15)10-12)16-7-5-4-6-13(16)2;5*1-4(6)3-5(2)7;;;;;/h5-7,9-11H,1-4H3;5-6,8-11H,1-4H3;4-7,9-11H,1-3H3;4-5,7-11H,1-3H3;4-6,8-11H,1-3H3;5*3,6H,1-2H3;;;;;/q5*-1;;;;;;;;;;. The Morgan fingerprint density at radius 2 is 0.511 bits per heavy atom. The second kappa shape index (κ2) is 60.3. The third-order valence-electron chi connectivity index (χ3n) is 19.9. The molecule has 0 bridgehead atoms. The summed E-state index contributed by atoms with van der Waals surface area (Å²) in [5, 5.41) is 47.8. The van der Waals surface area contributed by atoms with E-state index in [0.29, 0.717) is 0 Å². The normalized spacial score (nSPS) is 10.7. The van der Waals surface area contributed by atoms with Gasteiger partial charge in [-0.1, -0.05) is 167 Å². The summed E-state index contributed by atoms with van der Waals surface area (Å²) >= 11 is 0. The number of nitrogens with zero attached hydrogens (tertiary/aromatic N) is 5. The number of allylic oxidation sites excluding steroid dienone is 10. The molecule has 0 atom stereocenters. The van der Waals surface area contributed by atoms with Crippen LogP contribution in [-0.4, -0.2) is 79.4 Å². The molecule has 0 aliphatic heterocycles. The van der Waals surface area contributed by atoms with Crippen LogP contribution in [0.5, 0.6) is 0 Å². The van der Waals surface area contributed by atoms with Crippen molar-refractivity contribution in [1.82, 2.24) is 24.9 Å². The van der Waals surface area contributed by atoms with Gasteiger partial charge in [-0.3, -0.25) is 48.9 Å². The van der Waals surface area contributed by atoms with Crippen molar-refractivity contribution in [3.8, 4) is 56.3 Å². The summed E-state index contributed by atoms with van der Waals surface area (Å²) in [4.78, 5) is 74.3. The molecule has 5 N–H and O–H groups in total. The number of rotatable bonds is 10. The predicted octanol–water partition coefficient (Wildman–Crippen LogP) is 28.9. The molecule has 0 amide bonds. The van der Waals surface area contributed by atoms with Crippen LogP contribution in [0.4, 0.5) is 0 Å². The molecule has 727 valence electrons. The number of fused-ring (bicyclic) bond motifs is 5. The van der Waals surface area contributed by atoms with E-state index < -0.39 is 0 Å². The Morgan fingerprint density at radius 3 is 0.803 bits per heavy atom. The SMILES string of the molecule is CC(=O)C=C(C)O.CC(=O)C=C(C)O.CC(=O)C=C(C)O.CC(=O)C=C(C)O.CC(=O)C=C(C)O.Cc1c[c-]c(-c2nc3cc(C)ccc3cc2C)c(C)c1.Cc1c[c-]c(-c2nc3cc(C)ccc3cc2C)cc1.Cc1cc[c-]c(-c2nc3cc(C)ccc3cc2C)c1.Cc1ccc2cc(C)c(-c3[c-]ccc(C)c3C)nc2c1.Cc1ccc2cc(C)c(-c3[c-]cccc3C)nc2c1.[Ir].[Ir].[Ir].[Ir].[Ir]. The number of carbonyl (C=O) groups is 5. The minimum atomic E-state index is -0.125. The van der Waals surface area contributed by atoms with Crippen LogP contribution >= 0.6 is 0 Å². The molecule has 15 aromatic rings. The van der Waals surface area contributed by atoms with Crippen LogP contribution in [-0.2, 0) is 124 Å². The quantitative estimate of drug-likeness (QED) is 0.0485. The molecule has 0 fully saturated rings. The molecule has 0 aliphatic rings. The second-order valence-electron chi connectivity index (χ2n) is 33.4. The molecule has 0 unspecified atom stereocenters. The van der Waals surface area contributed by atoms with Crippen LogP contribution in [0.2, 0.25) is 0 Å². The van der Waals surface area contributed by atoms with E-state index in [4.69, 9.17) is 50.5 Å². The largest absolute Gasteiger partial charge is 0.512 e. The van der Waals surface area contributed by atoms with Crippen molar-refractivity contribution in [2.75, 3.05) is 0 Å². The zero-order valence-corrected chi connectivity index (χ0v) is 95.1. The minimum absolute atomic E-state index is 0. The number of carbonyl (C=O) groups excluding carboxylic acids is 5. The fourth-order valence-electron chi connectivity index (χ4n) is 13.8. The summed E-state index contributed by atoms with van der Waals surface area (Å²) in [6, 6.07) is 86.4. The maximum atomic E-state index is 10.0. The van der Waals surface area contributed by atoms with Gasteiger partial charge in [0.05, 0.1) is 56.4 Å². The summed E-state index contributed by atoms with van der Waals surface area (Å²) < 4.78 is 0. The average Bonchev–Trinajstić information content (AvgIpc) is 0.798. The van der Waals surface area contributed by atoms with Crippen LogP contribution in [0.3, 0.4) is 0 Å². The average molecular weight is 2720 g/mol. The van der Waals surface area contributed by atoms with Crippen molar-refractivity contribution < 1.29 is 150 Å². The van der Waals surface area contributed by atoms with Crippen LogP contribution in [0.25, 0.3) is 111 Å². The van der Waals surface area contributed by atoms with E-state index in [9.17, 15) is 24.0 Å². The molecule has 15 nitrogen and oxygen atoms in total. The topological polar surface area (TPSA) is 251 Å². The maximum absolute atomic E-state index is 10.0. The number of aliphatic hydroxyl groups is 5. The number of hydrogen-bond acceptors (Lipinski definition) is 15. The van der Waals surface area contributed by atoms with E-state index in [0.717, 1.165) is 83.9 Å². The van der Waals surface area contributed by atoms with Crippen molar-refractivity contribution in [1.29, 1.82) is 0 Å². The van der Waals surface area contributed by atoms with E-state index in [-0.39, 0.29) is 158 Å². The van der Waals surface area contributed by atoms with Crippen LogP contribution in [0.15, 0.2) is 259 Å². The number of aromatic nitrogens is 5. The summed E-state index contributed by atoms with van der Waals surface area (Å²) in [5.74, 6) is -0.312. The number of hydrogen-bond donors (Lipinski definition) is 5. The summed E-state index contributed by atoms with van der Waals surface area (Å²) in [6.45, 7) is 50.1. The Bertz CT molecular complexity index is 6670. The molecule has 5 heterocycles. The molecular formula is C117H124Ir5N5O10-5. The second-order valence-corrected chi connectivity index (χ2v) is 33.4. The Hall–Kier alpha value is -11.5. The van der Waals surface area contributed by atoms with E-state index >= 15 is 0 Å². The first-order chi connectivity index (χ1) is 62.1. The van der Waals surface area contributed by atoms with Gasteiger partial charge in [-0.15, -0.1) is 176 Å². The molecule has 20 heteroatoms. The summed E-state index contributed by atoms with van der Waals surface area (Å²) in [5.41, 5.74) is 36.8. The van der Waals surface area contributed by atoms with E-state index in [1.54, 1.807) is 0 Å². The molecule has 15 rings (SSSR count). The Morgan fingerprint density at radius 1 is 0.234 bits per heavy atom. The maximum Gasteiger partial charge on any atom is 0.155 e. The monoisotopic (exact) mass is 2720 g/mol. The molecule has 0 spiro atoms. The van der Waals surface area contributed by atoms with Crippen molar-refractivity contribution in [2.45, 2.75) is 187 Å². The molecule has 0 saturated carbocycles. The zero-order chi connectivity index (χ0) is 98.1. The van der Waals surface area contributed by atoms with Crippen LogP contribution < -0.4 is 0 Å². The third-order valence-corrected chi connectivity index (χ3v) is 19.9. The summed E-state index contributed by atoms with van der Waals surface area (Å²) in [7, 11) is 0. The minimum Gasteiger partial charge on any atom is -0.512 e. The van der Waals surface area contributed by atoms with Crippen LogP contribution in [0.1, 0.15) is 164 Å². The van der Waals surface area contributed by atoms with E-state index in [2.05, 4.69) is 312 Å². The Labute approximate surface area is 878 Å². The van der Waals surface area contributed by atoms with Crippen molar-refractivity contribution in [3.05, 3.63) is 384 Å². The van der Waals surface area contributed by atoms with Gasteiger partial charge in [0.1, 0.15) is 0 Å². The predicted molar refractivity (Wildman–Crippen MR) is 546 cm³/mol. The smallest absolute Gasteiger partial charge is 0.155 e. The van der Waals surface area contributed by atoms with Gasteiger partial charge < -0.3 is 25.5 Å². The number of benzene rings is 10. The molecule has 137 heavy (non-hydrogen) atoms. The van der Waals surface area contributed by atoms with Gasteiger partial charge in [-0.05, 0) is 252 Å². The molecule has 5 aromatic heterocycles. The van der Waals surface area contributed by atoms with Crippen molar-refractivity contribution in [3.63, 3.8) is 0 Å². The molecule has 0 aliphatic carbocycles. The van der Waals surface area contributed by atoms with E-state index in [1.165, 1.54) is 221 Å². The van der Waals surface area contributed by atoms with Gasteiger partial charge in [0, 0.05) is 131 Å². The van der Waals surface area contributed by atoms with Crippen molar-refractivity contribution in [2.24, 2.45) is 0 Å². The van der Waals surface area contributed by atoms with Gasteiger partial charge in [-0.2, -0.15) is 0 Å². The van der Waals surface area contributed by atoms with Crippen molar-refractivity contribution >= 4 is 83.4 Å². The fourth-order valence-corrected chi connectivity index (χ4v) is 13.8. The number of aliphatic hydroxyl groups excluding tert-OH is 5. The summed E-state index contributed by atoms with van der Waals surface area (Å²) in [6.07, 6.45) is 5.83. The zero-order valence-electron chi connectivity index (χ0n) is 83.1. The first kappa shape index (κ1) is 124. The van der Waals surface area contributed by atoms with Gasteiger partial charge in [0.25, 0.3) is 0 Å². The van der Waals surface area contributed by atoms with E-state index in [1.807, 2.05) is 36.4 Å². The third kappa shape index (κ3) is 41.8. The van der Waals surface area contributed by atoms with Gasteiger partial charge in [-0.25, -0.2) is 0 Å². The Balaban J connectivity index is 0.000000781. The molecule has 0 saturated heterocycles. The molecule has 5 radical (unpaired) electrons. The van der Waals surface area contributed by atoms with Gasteiger partial charge >= 0.3 is 0 Å².